The van der Waals surface area contributed by atoms with Crippen molar-refractivity contribution in [2.24, 2.45) is 11.1 Å². The highest BCUT2D eigenvalue weighted by molar-refractivity contribution is 5.54. The first-order chi connectivity index (χ1) is 8.33. The molecule has 6 nitrogen and oxygen atoms in total. The topological polar surface area (TPSA) is 93.1 Å². The van der Waals surface area contributed by atoms with Gasteiger partial charge in [-0.3, -0.25) is 0 Å². The molecule has 0 amide bonds. The Kier molecular flexibility index (Phi) is 3.30. The van der Waals surface area contributed by atoms with Gasteiger partial charge in [-0.15, -0.1) is 0 Å². The van der Waals surface area contributed by atoms with Crippen molar-refractivity contribution >= 4 is 17.6 Å². The van der Waals surface area contributed by atoms with Gasteiger partial charge >= 0.3 is 0 Å². The van der Waals surface area contributed by atoms with Crippen molar-refractivity contribution in [2.45, 2.75) is 26.8 Å². The van der Waals surface area contributed by atoms with Gasteiger partial charge in [0.25, 0.3) is 0 Å². The van der Waals surface area contributed by atoms with Crippen molar-refractivity contribution in [2.75, 3.05) is 35.6 Å². The van der Waals surface area contributed by atoms with Crippen LogP contribution in [0.15, 0.2) is 6.07 Å². The monoisotopic (exact) mass is 250 g/mol. The molecule has 2 heterocycles. The minimum Gasteiger partial charge on any atom is -0.369 e. The first kappa shape index (κ1) is 12.9. The first-order valence-corrected chi connectivity index (χ1v) is 6.22. The van der Waals surface area contributed by atoms with E-state index in [0.717, 1.165) is 31.3 Å². The average Bonchev–Trinajstić information content (AvgIpc) is 2.20. The van der Waals surface area contributed by atoms with E-state index >= 15 is 0 Å². The fourth-order valence-electron chi connectivity index (χ4n) is 1.76. The molecule has 0 atom stereocenters. The molecular formula is C12H22N6. The Bertz CT molecular complexity index is 419. The van der Waals surface area contributed by atoms with E-state index in [9.17, 15) is 0 Å². The molecule has 0 aromatic carbocycles. The summed E-state index contributed by atoms with van der Waals surface area (Å²) in [5.41, 5.74) is 11.7. The molecule has 0 unspecified atom stereocenters. The van der Waals surface area contributed by atoms with Gasteiger partial charge in [-0.2, -0.15) is 9.97 Å². The second-order valence-electron chi connectivity index (χ2n) is 6.05. The van der Waals surface area contributed by atoms with Crippen LogP contribution >= 0.6 is 0 Å². The van der Waals surface area contributed by atoms with Gasteiger partial charge in [-0.05, 0) is 5.41 Å². The summed E-state index contributed by atoms with van der Waals surface area (Å²) in [5, 5.41) is 3.29. The molecule has 100 valence electrons. The molecule has 0 aliphatic carbocycles. The second kappa shape index (κ2) is 4.61. The van der Waals surface area contributed by atoms with E-state index in [-0.39, 0.29) is 11.5 Å². The van der Waals surface area contributed by atoms with Crippen molar-refractivity contribution < 1.29 is 0 Å². The lowest BCUT2D eigenvalue weighted by Gasteiger charge is -2.37. The standard InChI is InChI=1S/C12H22N6/c1-12(2,3)7-15-9-4-10(17-11(14)16-9)18-5-8(13)6-18/h4,8H,5-7,13H2,1-3H3,(H3,14,15,16,17). The number of hydrogen-bond donors (Lipinski definition) is 3. The molecule has 1 aromatic heterocycles. The lowest BCUT2D eigenvalue weighted by atomic mass is 9.97. The SMILES string of the molecule is CC(C)(C)CNc1cc(N2CC(N)C2)nc(N)n1. The molecule has 1 aromatic rings. The molecule has 0 saturated carbocycles. The van der Waals surface area contributed by atoms with E-state index in [1.165, 1.54) is 0 Å². The number of aromatic nitrogens is 2. The molecule has 1 aliphatic rings. The zero-order valence-electron chi connectivity index (χ0n) is 11.3. The molecular weight excluding hydrogens is 228 g/mol. The summed E-state index contributed by atoms with van der Waals surface area (Å²) in [7, 11) is 0. The molecule has 1 fully saturated rings. The Morgan fingerprint density at radius 1 is 1.39 bits per heavy atom. The zero-order valence-corrected chi connectivity index (χ0v) is 11.3. The Morgan fingerprint density at radius 3 is 2.61 bits per heavy atom. The van der Waals surface area contributed by atoms with Crippen LogP contribution in [0, 0.1) is 5.41 Å². The number of nitrogens with zero attached hydrogens (tertiary/aromatic N) is 3. The fourth-order valence-corrected chi connectivity index (χ4v) is 1.76. The van der Waals surface area contributed by atoms with Crippen molar-refractivity contribution in [1.29, 1.82) is 0 Å². The Morgan fingerprint density at radius 2 is 2.06 bits per heavy atom. The second-order valence-corrected chi connectivity index (χ2v) is 6.05. The molecule has 1 saturated heterocycles. The van der Waals surface area contributed by atoms with Gasteiger partial charge < -0.3 is 21.7 Å². The van der Waals surface area contributed by atoms with E-state index in [0.29, 0.717) is 5.95 Å². The number of rotatable bonds is 3. The smallest absolute Gasteiger partial charge is 0.223 e. The van der Waals surface area contributed by atoms with Crippen molar-refractivity contribution in [3.05, 3.63) is 6.07 Å². The molecule has 6 heteroatoms. The van der Waals surface area contributed by atoms with Gasteiger partial charge in [0, 0.05) is 31.7 Å². The maximum atomic E-state index is 5.77. The lowest BCUT2D eigenvalue weighted by molar-refractivity contribution is 0.442. The van der Waals surface area contributed by atoms with Crippen LogP contribution in [0.1, 0.15) is 20.8 Å². The number of hydrogen-bond acceptors (Lipinski definition) is 6. The van der Waals surface area contributed by atoms with Crippen molar-refractivity contribution in [3.8, 4) is 0 Å². The van der Waals surface area contributed by atoms with Crippen LogP contribution < -0.4 is 21.7 Å². The van der Waals surface area contributed by atoms with Gasteiger partial charge in [0.05, 0.1) is 0 Å². The molecule has 2 rings (SSSR count). The van der Waals surface area contributed by atoms with E-state index in [4.69, 9.17) is 11.5 Å². The molecule has 18 heavy (non-hydrogen) atoms. The summed E-state index contributed by atoms with van der Waals surface area (Å²) >= 11 is 0. The van der Waals surface area contributed by atoms with Gasteiger partial charge in [-0.25, -0.2) is 0 Å². The van der Waals surface area contributed by atoms with E-state index in [1.54, 1.807) is 0 Å². The summed E-state index contributed by atoms with van der Waals surface area (Å²) in [6.07, 6.45) is 0. The van der Waals surface area contributed by atoms with Crippen LogP contribution in [-0.4, -0.2) is 35.6 Å². The van der Waals surface area contributed by atoms with Crippen LogP contribution in [-0.2, 0) is 0 Å². The highest BCUT2D eigenvalue weighted by atomic mass is 15.3. The molecule has 1 aliphatic heterocycles. The number of nitrogen functional groups attached to an aromatic ring is 1. The average molecular weight is 250 g/mol. The summed E-state index contributed by atoms with van der Waals surface area (Å²) in [4.78, 5) is 10.5. The Balaban J connectivity index is 2.07. The third-order valence-corrected chi connectivity index (χ3v) is 2.76. The fraction of sp³-hybridized carbons (Fsp3) is 0.667. The minimum atomic E-state index is 0.193. The normalized spacial score (nSPS) is 16.6. The van der Waals surface area contributed by atoms with Crippen LogP contribution in [0.2, 0.25) is 0 Å². The predicted octanol–water partition coefficient (Wildman–Crippen LogP) is 0.664. The van der Waals surface area contributed by atoms with E-state index in [2.05, 4.69) is 41.0 Å². The number of anilines is 3. The highest BCUT2D eigenvalue weighted by Crippen LogP contribution is 2.22. The van der Waals surface area contributed by atoms with E-state index in [1.807, 2.05) is 6.07 Å². The number of nitrogens with two attached hydrogens (primary N) is 2. The van der Waals surface area contributed by atoms with Crippen molar-refractivity contribution in [3.63, 3.8) is 0 Å². The van der Waals surface area contributed by atoms with Crippen molar-refractivity contribution in [1.82, 2.24) is 9.97 Å². The third kappa shape index (κ3) is 3.22. The van der Waals surface area contributed by atoms with Crippen LogP contribution in [0.4, 0.5) is 17.6 Å². The van der Waals surface area contributed by atoms with Gasteiger partial charge in [0.15, 0.2) is 0 Å². The highest BCUT2D eigenvalue weighted by Gasteiger charge is 2.25. The molecule has 0 spiro atoms. The Hall–Kier alpha value is -1.56. The first-order valence-electron chi connectivity index (χ1n) is 6.22. The summed E-state index contributed by atoms with van der Waals surface area (Å²) in [5.74, 6) is 1.91. The predicted molar refractivity (Wildman–Crippen MR) is 74.6 cm³/mol. The lowest BCUT2D eigenvalue weighted by Crippen LogP contribution is -2.56. The molecule has 0 radical (unpaired) electrons. The maximum absolute atomic E-state index is 5.77. The summed E-state index contributed by atoms with van der Waals surface area (Å²) in [6, 6.07) is 2.17. The van der Waals surface area contributed by atoms with Gasteiger partial charge in [-0.1, -0.05) is 20.8 Å². The van der Waals surface area contributed by atoms with Gasteiger partial charge in [0.2, 0.25) is 5.95 Å². The van der Waals surface area contributed by atoms with Crippen LogP contribution in [0.5, 0.6) is 0 Å². The number of nitrogens with one attached hydrogen (secondary N) is 1. The quantitative estimate of drug-likeness (QED) is 0.730. The van der Waals surface area contributed by atoms with Crippen LogP contribution in [0.3, 0.4) is 0 Å². The Labute approximate surface area is 108 Å². The summed E-state index contributed by atoms with van der Waals surface area (Å²) < 4.78 is 0. The maximum Gasteiger partial charge on any atom is 0.223 e. The van der Waals surface area contributed by atoms with Gasteiger partial charge in [0.1, 0.15) is 11.6 Å². The van der Waals surface area contributed by atoms with Crippen LogP contribution in [0.25, 0.3) is 0 Å². The largest absolute Gasteiger partial charge is 0.369 e. The summed E-state index contributed by atoms with van der Waals surface area (Å²) in [6.45, 7) is 8.99. The van der Waals surface area contributed by atoms with E-state index < -0.39 is 0 Å². The third-order valence-electron chi connectivity index (χ3n) is 2.76. The zero-order chi connectivity index (χ0) is 13.3. The molecule has 5 N–H and O–H groups in total. The molecule has 0 bridgehead atoms. The minimum absolute atomic E-state index is 0.193.